The Balaban J connectivity index is 1.40. The molecule has 0 fully saturated rings. The molecule has 0 amide bonds. The molecule has 2 atom stereocenters. The molecular weight excluding hydrogens is 483 g/mol. The maximum Gasteiger partial charge on any atom is 0.306 e. The Labute approximate surface area is 223 Å². The molecule has 38 heavy (non-hydrogen) atoms. The summed E-state index contributed by atoms with van der Waals surface area (Å²) < 4.78 is 38.2. The number of esters is 1. The molecule has 5 nitrogen and oxygen atoms in total. The van der Waals surface area contributed by atoms with Gasteiger partial charge in [-0.25, -0.2) is 4.39 Å². The lowest BCUT2D eigenvalue weighted by molar-refractivity contribution is -0.141. The number of hydrogen-bond acceptors (Lipinski definition) is 5. The first-order valence-electron chi connectivity index (χ1n) is 13.3. The second kappa shape index (κ2) is 10.7. The molecule has 0 radical (unpaired) electrons. The van der Waals surface area contributed by atoms with Crippen LogP contribution in [0.2, 0.25) is 0 Å². The van der Waals surface area contributed by atoms with Crippen molar-refractivity contribution in [3.8, 4) is 28.4 Å². The second-order valence-corrected chi connectivity index (χ2v) is 10.8. The standard InChI is InChI=1S/C32H35FO5/c1-18(2)16-36-23-12-19(3)31(20(4)13-23)25-8-10-27(33)32-26(25)9-11-28(32)38-22-6-7-24-21(14-30(34)35-5)17-37-29(24)15-22/h6-8,10,12-13,15,18,21,28H,9,11,14,16-17H2,1-5H3/t21-,28-/m1/s1. The number of carbonyl (C=O) groups is 1. The Bertz CT molecular complexity index is 1340. The lowest BCUT2D eigenvalue weighted by Gasteiger charge is -2.19. The fraction of sp³-hybridized carbons (Fsp3) is 0.406. The van der Waals surface area contributed by atoms with Crippen LogP contribution in [0, 0.1) is 25.6 Å². The van der Waals surface area contributed by atoms with Gasteiger partial charge in [0.05, 0.1) is 26.7 Å². The quantitative estimate of drug-likeness (QED) is 0.294. The van der Waals surface area contributed by atoms with Gasteiger partial charge in [-0.3, -0.25) is 4.79 Å². The molecule has 0 spiro atoms. The predicted octanol–water partition coefficient (Wildman–Crippen LogP) is 7.25. The third kappa shape index (κ3) is 5.09. The Morgan fingerprint density at radius 3 is 2.55 bits per heavy atom. The lowest BCUT2D eigenvalue weighted by atomic mass is 9.90. The van der Waals surface area contributed by atoms with E-state index in [1.54, 1.807) is 6.07 Å². The van der Waals surface area contributed by atoms with Crippen LogP contribution in [0.15, 0.2) is 42.5 Å². The van der Waals surface area contributed by atoms with Gasteiger partial charge in [0.15, 0.2) is 0 Å². The van der Waals surface area contributed by atoms with Gasteiger partial charge in [0, 0.05) is 23.1 Å². The van der Waals surface area contributed by atoms with Gasteiger partial charge >= 0.3 is 5.97 Å². The van der Waals surface area contributed by atoms with Crippen molar-refractivity contribution in [2.75, 3.05) is 20.3 Å². The summed E-state index contributed by atoms with van der Waals surface area (Å²) in [6, 6.07) is 13.2. The van der Waals surface area contributed by atoms with E-state index in [1.165, 1.54) is 7.11 Å². The number of benzene rings is 3. The molecule has 0 saturated carbocycles. The van der Waals surface area contributed by atoms with E-state index in [0.717, 1.165) is 45.6 Å². The maximum atomic E-state index is 15.2. The van der Waals surface area contributed by atoms with Crippen LogP contribution in [0.25, 0.3) is 11.1 Å². The number of methoxy groups -OCH3 is 1. The summed E-state index contributed by atoms with van der Waals surface area (Å²) in [7, 11) is 1.39. The largest absolute Gasteiger partial charge is 0.493 e. The van der Waals surface area contributed by atoms with Crippen molar-refractivity contribution < 1.29 is 28.1 Å². The number of halogens is 1. The van der Waals surface area contributed by atoms with Crippen molar-refractivity contribution in [3.05, 3.63) is 76.1 Å². The molecule has 0 aromatic heterocycles. The van der Waals surface area contributed by atoms with E-state index in [4.69, 9.17) is 18.9 Å². The van der Waals surface area contributed by atoms with E-state index in [-0.39, 0.29) is 30.2 Å². The first-order chi connectivity index (χ1) is 18.2. The van der Waals surface area contributed by atoms with E-state index in [0.29, 0.717) is 42.6 Å². The van der Waals surface area contributed by atoms with Gasteiger partial charge in [0.1, 0.15) is 29.2 Å². The monoisotopic (exact) mass is 518 g/mol. The molecule has 0 bridgehead atoms. The SMILES string of the molecule is COC(=O)C[C@@H]1COc2cc(O[C@@H]3CCc4c(-c5c(C)cc(OCC(C)C)cc5C)ccc(F)c43)ccc21. The molecular formula is C32H35FO5. The molecule has 0 saturated heterocycles. The van der Waals surface area contributed by atoms with Crippen LogP contribution in [-0.2, 0) is 16.0 Å². The van der Waals surface area contributed by atoms with Crippen LogP contribution >= 0.6 is 0 Å². The average Bonchev–Trinajstić information content (AvgIpc) is 3.48. The van der Waals surface area contributed by atoms with Crippen LogP contribution in [0.5, 0.6) is 17.2 Å². The van der Waals surface area contributed by atoms with Crippen molar-refractivity contribution in [3.63, 3.8) is 0 Å². The van der Waals surface area contributed by atoms with Crippen LogP contribution in [0.1, 0.15) is 66.5 Å². The summed E-state index contributed by atoms with van der Waals surface area (Å²) in [6.07, 6.45) is 1.32. The predicted molar refractivity (Wildman–Crippen MR) is 145 cm³/mol. The van der Waals surface area contributed by atoms with Crippen LogP contribution in [0.4, 0.5) is 4.39 Å². The lowest BCUT2D eigenvalue weighted by Crippen LogP contribution is -2.09. The molecule has 6 heteroatoms. The van der Waals surface area contributed by atoms with Crippen molar-refractivity contribution in [1.82, 2.24) is 0 Å². The molecule has 3 aromatic carbocycles. The highest BCUT2D eigenvalue weighted by Gasteiger charge is 2.32. The molecule has 1 aliphatic heterocycles. The molecule has 0 N–H and O–H groups in total. The maximum absolute atomic E-state index is 15.2. The Hall–Kier alpha value is -3.54. The number of aryl methyl sites for hydroxylation is 2. The number of carbonyl (C=O) groups excluding carboxylic acids is 1. The van der Waals surface area contributed by atoms with E-state index >= 15 is 4.39 Å². The van der Waals surface area contributed by atoms with Crippen molar-refractivity contribution in [2.45, 2.75) is 59.0 Å². The number of rotatable bonds is 8. The van der Waals surface area contributed by atoms with Gasteiger partial charge in [-0.1, -0.05) is 26.0 Å². The van der Waals surface area contributed by atoms with Crippen molar-refractivity contribution in [2.24, 2.45) is 5.92 Å². The average molecular weight is 519 g/mol. The first-order valence-corrected chi connectivity index (χ1v) is 13.3. The van der Waals surface area contributed by atoms with E-state index in [2.05, 4.69) is 39.8 Å². The van der Waals surface area contributed by atoms with E-state index < -0.39 is 0 Å². The third-order valence-electron chi connectivity index (χ3n) is 7.43. The zero-order chi connectivity index (χ0) is 27.0. The summed E-state index contributed by atoms with van der Waals surface area (Å²) in [5.74, 6) is 2.11. The Morgan fingerprint density at radius 2 is 1.84 bits per heavy atom. The van der Waals surface area contributed by atoms with Crippen LogP contribution in [0.3, 0.4) is 0 Å². The molecule has 1 heterocycles. The van der Waals surface area contributed by atoms with Gasteiger partial charge in [0.25, 0.3) is 0 Å². The smallest absolute Gasteiger partial charge is 0.306 e. The molecule has 200 valence electrons. The van der Waals surface area contributed by atoms with Crippen molar-refractivity contribution >= 4 is 5.97 Å². The number of fused-ring (bicyclic) bond motifs is 2. The Morgan fingerprint density at radius 1 is 1.08 bits per heavy atom. The van der Waals surface area contributed by atoms with Crippen LogP contribution in [-0.4, -0.2) is 26.3 Å². The van der Waals surface area contributed by atoms with Gasteiger partial charge in [-0.05, 0) is 84.7 Å². The summed E-state index contributed by atoms with van der Waals surface area (Å²) in [5, 5.41) is 0. The summed E-state index contributed by atoms with van der Waals surface area (Å²) in [5.41, 5.74) is 7.01. The Kier molecular flexibility index (Phi) is 7.33. The van der Waals surface area contributed by atoms with Gasteiger partial charge in [-0.2, -0.15) is 0 Å². The summed E-state index contributed by atoms with van der Waals surface area (Å²) in [4.78, 5) is 11.7. The van der Waals surface area contributed by atoms with E-state index in [1.807, 2.05) is 24.3 Å². The minimum Gasteiger partial charge on any atom is -0.493 e. The van der Waals surface area contributed by atoms with Crippen molar-refractivity contribution in [1.29, 1.82) is 0 Å². The third-order valence-corrected chi connectivity index (χ3v) is 7.43. The zero-order valence-corrected chi connectivity index (χ0v) is 22.7. The molecule has 1 aliphatic carbocycles. The zero-order valence-electron chi connectivity index (χ0n) is 22.7. The van der Waals surface area contributed by atoms with Crippen LogP contribution < -0.4 is 14.2 Å². The molecule has 2 aliphatic rings. The minimum atomic E-state index is -0.385. The summed E-state index contributed by atoms with van der Waals surface area (Å²) >= 11 is 0. The summed E-state index contributed by atoms with van der Waals surface area (Å²) in [6.45, 7) is 9.53. The topological polar surface area (TPSA) is 54.0 Å². The van der Waals surface area contributed by atoms with Gasteiger partial charge in [-0.15, -0.1) is 0 Å². The number of ether oxygens (including phenoxy) is 4. The highest BCUT2D eigenvalue weighted by atomic mass is 19.1. The molecule has 5 rings (SSSR count). The molecule has 3 aromatic rings. The fourth-order valence-electron chi connectivity index (χ4n) is 5.67. The van der Waals surface area contributed by atoms with E-state index in [9.17, 15) is 4.79 Å². The number of hydrogen-bond donors (Lipinski definition) is 0. The normalized spacial score (nSPS) is 17.7. The van der Waals surface area contributed by atoms with Gasteiger partial charge in [0.2, 0.25) is 0 Å². The van der Waals surface area contributed by atoms with Gasteiger partial charge < -0.3 is 18.9 Å². The fourth-order valence-corrected chi connectivity index (χ4v) is 5.67. The first kappa shape index (κ1) is 26.1. The second-order valence-electron chi connectivity index (χ2n) is 10.8. The molecule has 0 unspecified atom stereocenters. The highest BCUT2D eigenvalue weighted by Crippen LogP contribution is 2.45. The highest BCUT2D eigenvalue weighted by molar-refractivity contribution is 5.76. The minimum absolute atomic E-state index is 0.0349.